The summed E-state index contributed by atoms with van der Waals surface area (Å²) >= 11 is 0. The molecule has 0 heterocycles. The standard InChI is InChI=1S/C33H40B2N2O2/c1-26-5-11-29(12-6-26)30-13-19-33(20-14-30)35(39-24-22-37-4)32-17-9-28(10-18-32)25-27-7-15-31(16-8-27)34(2)38-23-21-36-3/h5-20,36-37H,21-25H2,1-4H3. The molecule has 0 bridgehead atoms. The van der Waals surface area contributed by atoms with Crippen LogP contribution in [0.4, 0.5) is 0 Å². The molecule has 0 spiro atoms. The maximum atomic E-state index is 6.37. The van der Waals surface area contributed by atoms with Gasteiger partial charge < -0.3 is 19.9 Å². The van der Waals surface area contributed by atoms with Gasteiger partial charge in [0.25, 0.3) is 0 Å². The van der Waals surface area contributed by atoms with Gasteiger partial charge in [-0.3, -0.25) is 0 Å². The molecule has 39 heavy (non-hydrogen) atoms. The molecule has 4 nitrogen and oxygen atoms in total. The van der Waals surface area contributed by atoms with Crippen LogP contribution in [0.15, 0.2) is 97.1 Å². The Morgan fingerprint density at radius 2 is 1.00 bits per heavy atom. The van der Waals surface area contributed by atoms with Crippen LogP contribution in [0.25, 0.3) is 11.1 Å². The van der Waals surface area contributed by atoms with Crippen molar-refractivity contribution in [3.63, 3.8) is 0 Å². The second-order valence-corrected chi connectivity index (χ2v) is 10.1. The molecule has 0 unspecified atom stereocenters. The van der Waals surface area contributed by atoms with Crippen LogP contribution in [-0.4, -0.2) is 54.2 Å². The van der Waals surface area contributed by atoms with Crippen molar-refractivity contribution in [3.05, 3.63) is 114 Å². The van der Waals surface area contributed by atoms with Crippen molar-refractivity contribution < 1.29 is 9.31 Å². The van der Waals surface area contributed by atoms with E-state index in [4.69, 9.17) is 9.31 Å². The van der Waals surface area contributed by atoms with Crippen LogP contribution in [0.3, 0.4) is 0 Å². The van der Waals surface area contributed by atoms with Gasteiger partial charge in [0.1, 0.15) is 0 Å². The number of rotatable bonds is 14. The molecule has 6 heteroatoms. The summed E-state index contributed by atoms with van der Waals surface area (Å²) in [4.78, 5) is 0. The Balaban J connectivity index is 1.44. The Kier molecular flexibility index (Phi) is 11.0. The van der Waals surface area contributed by atoms with Crippen molar-refractivity contribution in [3.8, 4) is 11.1 Å². The molecule has 0 amide bonds. The minimum Gasteiger partial charge on any atom is -0.430 e. The van der Waals surface area contributed by atoms with Crippen molar-refractivity contribution in [1.29, 1.82) is 0 Å². The Labute approximate surface area is 235 Å². The summed E-state index contributed by atoms with van der Waals surface area (Å²) < 4.78 is 12.3. The van der Waals surface area contributed by atoms with Crippen LogP contribution in [0.5, 0.6) is 0 Å². The summed E-state index contributed by atoms with van der Waals surface area (Å²) in [6.07, 6.45) is 0.895. The zero-order chi connectivity index (χ0) is 27.5. The van der Waals surface area contributed by atoms with Crippen molar-refractivity contribution in [2.45, 2.75) is 20.2 Å². The van der Waals surface area contributed by atoms with Crippen molar-refractivity contribution in [2.75, 3.05) is 40.4 Å². The first-order chi connectivity index (χ1) is 19.1. The molecule has 0 aliphatic rings. The summed E-state index contributed by atoms with van der Waals surface area (Å²) in [5, 5.41) is 6.30. The van der Waals surface area contributed by atoms with Crippen molar-refractivity contribution in [1.82, 2.24) is 10.6 Å². The quantitative estimate of drug-likeness (QED) is 0.198. The third-order valence-corrected chi connectivity index (χ3v) is 7.09. The summed E-state index contributed by atoms with van der Waals surface area (Å²) in [7, 11) is 3.89. The summed E-state index contributed by atoms with van der Waals surface area (Å²) in [6, 6.07) is 35.1. The highest BCUT2D eigenvalue weighted by atomic mass is 16.4. The van der Waals surface area contributed by atoms with E-state index in [1.165, 1.54) is 38.7 Å². The van der Waals surface area contributed by atoms with E-state index >= 15 is 0 Å². The van der Waals surface area contributed by atoms with Crippen LogP contribution in [0.1, 0.15) is 16.7 Å². The minimum atomic E-state index is -0.108. The molecule has 4 aromatic carbocycles. The predicted octanol–water partition coefficient (Wildman–Crippen LogP) is 3.66. The lowest BCUT2D eigenvalue weighted by Gasteiger charge is -2.17. The van der Waals surface area contributed by atoms with E-state index in [1.807, 2.05) is 14.1 Å². The lowest BCUT2D eigenvalue weighted by molar-refractivity contribution is 0.330. The molecule has 2 N–H and O–H groups in total. The van der Waals surface area contributed by atoms with Crippen LogP contribution in [0.2, 0.25) is 6.82 Å². The zero-order valence-corrected chi connectivity index (χ0v) is 23.7. The smallest absolute Gasteiger partial charge is 0.361 e. The maximum absolute atomic E-state index is 6.37. The maximum Gasteiger partial charge on any atom is 0.361 e. The highest BCUT2D eigenvalue weighted by Crippen LogP contribution is 2.19. The first-order valence-electron chi connectivity index (χ1n) is 13.9. The van der Waals surface area contributed by atoms with E-state index < -0.39 is 0 Å². The predicted molar refractivity (Wildman–Crippen MR) is 168 cm³/mol. The molecule has 0 saturated heterocycles. The Morgan fingerprint density at radius 3 is 1.51 bits per heavy atom. The highest BCUT2D eigenvalue weighted by Gasteiger charge is 2.21. The largest absolute Gasteiger partial charge is 0.430 e. The monoisotopic (exact) mass is 518 g/mol. The molecule has 4 aromatic rings. The molecule has 0 aliphatic carbocycles. The number of hydrogen-bond donors (Lipinski definition) is 2. The average molecular weight is 518 g/mol. The molecular weight excluding hydrogens is 478 g/mol. The SMILES string of the molecule is CNCCOB(C)c1ccc(Cc2ccc(B(OCCNC)c3ccc(-c4ccc(C)cc4)cc3)cc2)cc1. The summed E-state index contributed by atoms with van der Waals surface area (Å²) in [5.74, 6) is 0. The topological polar surface area (TPSA) is 42.5 Å². The number of nitrogens with one attached hydrogen (secondary N) is 2. The van der Waals surface area contributed by atoms with Crippen molar-refractivity contribution in [2.24, 2.45) is 0 Å². The molecule has 0 aliphatic heterocycles. The van der Waals surface area contributed by atoms with Gasteiger partial charge in [-0.15, -0.1) is 0 Å². The lowest BCUT2D eigenvalue weighted by Crippen LogP contribution is -2.46. The fraction of sp³-hybridized carbons (Fsp3) is 0.273. The number of benzene rings is 4. The van der Waals surface area contributed by atoms with E-state index in [-0.39, 0.29) is 13.8 Å². The molecule has 0 atom stereocenters. The second-order valence-electron chi connectivity index (χ2n) is 10.1. The molecular formula is C33H40B2N2O2. The molecule has 200 valence electrons. The average Bonchev–Trinajstić information content (AvgIpc) is 2.97. The first kappa shape index (κ1) is 28.8. The number of aryl methyl sites for hydroxylation is 1. The van der Waals surface area contributed by atoms with Crippen LogP contribution in [0, 0.1) is 6.92 Å². The molecule has 0 fully saturated rings. The Morgan fingerprint density at radius 1 is 0.564 bits per heavy atom. The van der Waals surface area contributed by atoms with Crippen LogP contribution in [-0.2, 0) is 15.7 Å². The molecule has 4 rings (SSSR count). The van der Waals surface area contributed by atoms with Gasteiger partial charge in [0.2, 0.25) is 0 Å². The van der Waals surface area contributed by atoms with Gasteiger partial charge >= 0.3 is 13.8 Å². The van der Waals surface area contributed by atoms with Crippen molar-refractivity contribution >= 4 is 30.2 Å². The fourth-order valence-corrected chi connectivity index (χ4v) is 4.65. The highest BCUT2D eigenvalue weighted by molar-refractivity contribution is 6.80. The Bertz CT molecular complexity index is 1260. The van der Waals surface area contributed by atoms with Crippen LogP contribution >= 0.6 is 0 Å². The molecule has 0 radical (unpaired) electrons. The summed E-state index contributed by atoms with van der Waals surface area (Å²) in [5.41, 5.74) is 9.84. The molecule has 0 saturated carbocycles. The van der Waals surface area contributed by atoms with Gasteiger partial charge in [0.15, 0.2) is 0 Å². The number of likely N-dealkylation sites (N-methyl/N-ethyl adjacent to an activating group) is 2. The van der Waals surface area contributed by atoms with E-state index in [0.717, 1.165) is 25.0 Å². The second kappa shape index (κ2) is 14.9. The van der Waals surface area contributed by atoms with E-state index in [0.29, 0.717) is 13.2 Å². The summed E-state index contributed by atoms with van der Waals surface area (Å²) in [6.45, 7) is 7.23. The van der Waals surface area contributed by atoms with Gasteiger partial charge in [0.05, 0.1) is 0 Å². The van der Waals surface area contributed by atoms with Gasteiger partial charge in [0, 0.05) is 26.3 Å². The number of hydrogen-bond acceptors (Lipinski definition) is 4. The normalized spacial score (nSPS) is 11.0. The third-order valence-electron chi connectivity index (χ3n) is 7.09. The zero-order valence-electron chi connectivity index (χ0n) is 23.7. The Hall–Kier alpha value is -3.15. The van der Waals surface area contributed by atoms with Crippen LogP contribution < -0.4 is 27.0 Å². The van der Waals surface area contributed by atoms with E-state index in [1.54, 1.807) is 0 Å². The van der Waals surface area contributed by atoms with Gasteiger partial charge in [-0.1, -0.05) is 109 Å². The first-order valence-corrected chi connectivity index (χ1v) is 13.9. The van der Waals surface area contributed by atoms with E-state index in [2.05, 4.69) is 121 Å². The van der Waals surface area contributed by atoms with Gasteiger partial charge in [-0.25, -0.2) is 0 Å². The fourth-order valence-electron chi connectivity index (χ4n) is 4.65. The lowest BCUT2D eigenvalue weighted by atomic mass is 9.55. The third kappa shape index (κ3) is 8.42. The van der Waals surface area contributed by atoms with Gasteiger partial charge in [-0.2, -0.15) is 0 Å². The molecule has 0 aromatic heterocycles. The van der Waals surface area contributed by atoms with Gasteiger partial charge in [-0.05, 0) is 66.1 Å². The van der Waals surface area contributed by atoms with E-state index in [9.17, 15) is 0 Å². The minimum absolute atomic E-state index is 0.0949.